The van der Waals surface area contributed by atoms with Crippen molar-refractivity contribution >= 4 is 68.2 Å². The number of rotatable bonds is 6. The first kappa shape index (κ1) is 30.4. The van der Waals surface area contributed by atoms with Crippen LogP contribution in [0.2, 0.25) is 10.3 Å². The van der Waals surface area contributed by atoms with E-state index in [4.69, 9.17) is 38.9 Å². The molecule has 49 heavy (non-hydrogen) atoms. The van der Waals surface area contributed by atoms with Crippen LogP contribution in [0, 0.1) is 0 Å². The third-order valence-corrected chi connectivity index (χ3v) is 8.77. The Morgan fingerprint density at radius 3 is 1.71 bits per heavy atom. The molecule has 1 unspecified atom stereocenters. The number of benzene rings is 6. The lowest BCUT2D eigenvalue weighted by Gasteiger charge is -2.23. The van der Waals surface area contributed by atoms with Crippen molar-refractivity contribution in [2.45, 2.75) is 6.17 Å². The minimum Gasteiger partial charge on any atom is -0.383 e. The van der Waals surface area contributed by atoms with E-state index in [-0.39, 0.29) is 22.1 Å². The maximum absolute atomic E-state index is 6.23. The Morgan fingerprint density at radius 2 is 1.06 bits per heavy atom. The Morgan fingerprint density at radius 1 is 0.551 bits per heavy atom. The molecule has 0 fully saturated rings. The molecule has 0 amide bonds. The molecular formula is C40H27Cl2N7. The van der Waals surface area contributed by atoms with Crippen LogP contribution in [0.1, 0.15) is 28.4 Å². The molecule has 0 spiro atoms. The minimum atomic E-state index is -0.407. The van der Waals surface area contributed by atoms with E-state index in [9.17, 15) is 0 Å². The number of nitrogens with zero attached hydrogens (tertiary/aromatic N) is 5. The van der Waals surface area contributed by atoms with E-state index in [0.29, 0.717) is 0 Å². The van der Waals surface area contributed by atoms with Crippen molar-refractivity contribution in [3.63, 3.8) is 0 Å². The fourth-order valence-corrected chi connectivity index (χ4v) is 6.27. The smallest absolute Gasteiger partial charge is 0.254 e. The summed E-state index contributed by atoms with van der Waals surface area (Å²) < 4.78 is 0. The predicted octanol–water partition coefficient (Wildman–Crippen LogP) is 9.29. The summed E-state index contributed by atoms with van der Waals surface area (Å²) in [6, 6.07) is 47.1. The van der Waals surface area contributed by atoms with Gasteiger partial charge in [-0.3, -0.25) is 0 Å². The summed E-state index contributed by atoms with van der Waals surface area (Å²) in [5, 5.41) is 8.60. The Balaban J connectivity index is 1.09. The van der Waals surface area contributed by atoms with Crippen LogP contribution in [0.5, 0.6) is 0 Å². The van der Waals surface area contributed by atoms with Crippen molar-refractivity contribution in [3.8, 4) is 11.1 Å². The van der Waals surface area contributed by atoms with Crippen LogP contribution in [-0.4, -0.2) is 27.5 Å². The molecule has 1 aliphatic heterocycles. The summed E-state index contributed by atoms with van der Waals surface area (Å²) in [7, 11) is 0. The molecule has 1 aromatic heterocycles. The lowest BCUT2D eigenvalue weighted by atomic mass is 10.0. The Hall–Kier alpha value is -5.89. The summed E-state index contributed by atoms with van der Waals surface area (Å²) in [4.78, 5) is 22.6. The molecular weight excluding hydrogens is 649 g/mol. The van der Waals surface area contributed by atoms with E-state index in [1.54, 1.807) is 0 Å². The van der Waals surface area contributed by atoms with Crippen LogP contribution in [0.4, 0.5) is 5.95 Å². The van der Waals surface area contributed by atoms with Crippen molar-refractivity contribution in [1.82, 2.24) is 15.3 Å². The van der Waals surface area contributed by atoms with Crippen LogP contribution in [0.15, 0.2) is 155 Å². The molecule has 0 saturated heterocycles. The van der Waals surface area contributed by atoms with E-state index in [1.165, 1.54) is 16.8 Å². The van der Waals surface area contributed by atoms with Gasteiger partial charge < -0.3 is 11.1 Å². The summed E-state index contributed by atoms with van der Waals surface area (Å²) in [5.74, 6) is 1.89. The molecule has 0 saturated carbocycles. The lowest BCUT2D eigenvalue weighted by molar-refractivity contribution is 0.757. The standard InChI is InChI=1S/C40H27Cl2N7/c41-34-23-35(42)45-40(44-34)46-36(43)28-15-9-26(10-16-28)27-11-17-29(18-12-27)37-47-38(32-19-13-24-5-1-3-7-30(24)21-32)49-39(48-37)33-20-14-25-6-2-4-8-31(25)22-33/h1-23,38H,(H,47,48,49)(H2,43,44,45,46). The maximum Gasteiger partial charge on any atom is 0.254 e. The van der Waals surface area contributed by atoms with Crippen LogP contribution in [0.3, 0.4) is 0 Å². The van der Waals surface area contributed by atoms with Gasteiger partial charge in [-0.15, -0.1) is 0 Å². The minimum absolute atomic E-state index is 0.102. The highest BCUT2D eigenvalue weighted by Crippen LogP contribution is 2.29. The molecule has 1 aliphatic rings. The number of hydrogen-bond donors (Lipinski definition) is 2. The third kappa shape index (κ3) is 6.50. The third-order valence-electron chi connectivity index (χ3n) is 8.38. The maximum atomic E-state index is 6.23. The van der Waals surface area contributed by atoms with E-state index in [1.807, 2.05) is 24.3 Å². The predicted molar refractivity (Wildman–Crippen MR) is 201 cm³/mol. The van der Waals surface area contributed by atoms with Gasteiger partial charge in [0, 0.05) is 22.8 Å². The highest BCUT2D eigenvalue weighted by molar-refractivity contribution is 6.33. The fraction of sp³-hybridized carbons (Fsp3) is 0.0250. The van der Waals surface area contributed by atoms with Gasteiger partial charge in [0.1, 0.15) is 27.8 Å². The van der Waals surface area contributed by atoms with Crippen LogP contribution in [0.25, 0.3) is 32.7 Å². The molecule has 0 radical (unpaired) electrons. The lowest BCUT2D eigenvalue weighted by Crippen LogP contribution is -2.36. The average molecular weight is 677 g/mol. The van der Waals surface area contributed by atoms with E-state index >= 15 is 0 Å². The molecule has 0 bridgehead atoms. The number of nitrogens with one attached hydrogen (secondary N) is 1. The molecule has 1 atom stereocenters. The van der Waals surface area contributed by atoms with Gasteiger partial charge in [0.25, 0.3) is 5.95 Å². The highest BCUT2D eigenvalue weighted by Gasteiger charge is 2.21. The van der Waals surface area contributed by atoms with Crippen LogP contribution in [-0.2, 0) is 0 Å². The summed E-state index contributed by atoms with van der Waals surface area (Å²) in [5.41, 5.74) is 12.0. The largest absolute Gasteiger partial charge is 0.383 e. The van der Waals surface area contributed by atoms with E-state index in [2.05, 4.69) is 129 Å². The zero-order valence-electron chi connectivity index (χ0n) is 25.9. The number of fused-ring (bicyclic) bond motifs is 2. The van der Waals surface area contributed by atoms with Gasteiger partial charge in [-0.1, -0.05) is 145 Å². The van der Waals surface area contributed by atoms with Crippen molar-refractivity contribution < 1.29 is 0 Å². The molecule has 3 N–H and O–H groups in total. The zero-order valence-corrected chi connectivity index (χ0v) is 27.4. The van der Waals surface area contributed by atoms with Crippen molar-refractivity contribution in [3.05, 3.63) is 172 Å². The highest BCUT2D eigenvalue weighted by atomic mass is 35.5. The van der Waals surface area contributed by atoms with Gasteiger partial charge in [-0.2, -0.15) is 15.0 Å². The topological polar surface area (TPSA) is 101 Å². The van der Waals surface area contributed by atoms with Gasteiger partial charge >= 0.3 is 0 Å². The van der Waals surface area contributed by atoms with Crippen molar-refractivity contribution in [2.24, 2.45) is 20.7 Å². The molecule has 0 aliphatic carbocycles. The second kappa shape index (κ2) is 13.0. The van der Waals surface area contributed by atoms with Crippen molar-refractivity contribution in [1.29, 1.82) is 0 Å². The molecule has 236 valence electrons. The van der Waals surface area contributed by atoms with Crippen molar-refractivity contribution in [2.75, 3.05) is 0 Å². The van der Waals surface area contributed by atoms with Crippen LogP contribution >= 0.6 is 23.2 Å². The van der Waals surface area contributed by atoms with E-state index < -0.39 is 6.17 Å². The van der Waals surface area contributed by atoms with E-state index in [0.717, 1.165) is 55.8 Å². The molecule has 6 aromatic carbocycles. The molecule has 7 nitrogen and oxygen atoms in total. The van der Waals surface area contributed by atoms with Gasteiger partial charge in [-0.25, -0.2) is 9.98 Å². The van der Waals surface area contributed by atoms with Gasteiger partial charge in [0.15, 0.2) is 6.17 Å². The van der Waals surface area contributed by atoms with Gasteiger partial charge in [0.2, 0.25) is 0 Å². The average Bonchev–Trinajstić information content (AvgIpc) is 3.14. The first-order chi connectivity index (χ1) is 23.9. The zero-order chi connectivity index (χ0) is 33.3. The molecule has 8 rings (SSSR count). The fourth-order valence-electron chi connectivity index (χ4n) is 5.85. The molecule has 7 aromatic rings. The van der Waals surface area contributed by atoms with Crippen LogP contribution < -0.4 is 11.1 Å². The Kier molecular flexibility index (Phi) is 8.05. The first-order valence-electron chi connectivity index (χ1n) is 15.6. The number of hydrogen-bond acceptors (Lipinski definition) is 6. The first-order valence-corrected chi connectivity index (χ1v) is 16.4. The number of aliphatic imine (C=N–C) groups is 3. The SMILES string of the molecule is NC(=Nc1nc(Cl)cc(Cl)n1)c1ccc(-c2ccc(C3=NC(c4ccc5ccccc5c4)N=C(c4ccc5ccccc5c4)N3)cc2)cc1. The molecule has 9 heteroatoms. The van der Waals surface area contributed by atoms with Gasteiger partial charge in [-0.05, 0) is 50.4 Å². The second-order valence-electron chi connectivity index (χ2n) is 11.6. The summed E-state index contributed by atoms with van der Waals surface area (Å²) >= 11 is 11.9. The Labute approximate surface area is 292 Å². The number of nitrogens with two attached hydrogens (primary N) is 1. The number of amidine groups is 3. The number of aromatic nitrogens is 2. The summed E-state index contributed by atoms with van der Waals surface area (Å²) in [6.45, 7) is 0. The Bertz CT molecular complexity index is 2430. The monoisotopic (exact) mass is 675 g/mol. The second-order valence-corrected chi connectivity index (χ2v) is 12.4. The quantitative estimate of drug-likeness (QED) is 0.104. The van der Waals surface area contributed by atoms with Gasteiger partial charge in [0.05, 0.1) is 0 Å². The summed E-state index contributed by atoms with van der Waals surface area (Å²) in [6.07, 6.45) is -0.407. The normalized spacial score (nSPS) is 14.7. The number of halogens is 2. The molecule has 2 heterocycles.